The lowest BCUT2D eigenvalue weighted by molar-refractivity contribution is 0.105. The molecule has 2 heteroatoms. The number of hydrogen-bond donors (Lipinski definition) is 0. The third-order valence-corrected chi connectivity index (χ3v) is 2.19. The lowest BCUT2D eigenvalue weighted by Crippen LogP contribution is -2.09. The molecule has 0 aromatic heterocycles. The van der Waals surface area contributed by atoms with Crippen molar-refractivity contribution in [3.8, 4) is 0 Å². The molecule has 1 nitrogen and oxygen atoms in total. The molecule has 0 radical (unpaired) electrons. The van der Waals surface area contributed by atoms with Crippen LogP contribution in [-0.2, 0) is 4.74 Å². The largest absolute Gasteiger partial charge is 0.381 e. The zero-order valence-electron chi connectivity index (χ0n) is 9.24. The number of unbranched alkanes of at least 4 members (excludes halogenated alkanes) is 2. The molecule has 0 saturated carbocycles. The minimum Gasteiger partial charge on any atom is -0.381 e. The van der Waals surface area contributed by atoms with Gasteiger partial charge in [-0.05, 0) is 31.1 Å². The van der Waals surface area contributed by atoms with E-state index in [-0.39, 0.29) is 0 Å². The highest BCUT2D eigenvalue weighted by Gasteiger charge is 2.08. The maximum Gasteiger partial charge on any atom is 0.0471 e. The summed E-state index contributed by atoms with van der Waals surface area (Å²) in [6, 6.07) is 0. The molecular weight excluding hydrogens is 184 g/mol. The minimum atomic E-state index is 0.399. The van der Waals surface area contributed by atoms with Crippen molar-refractivity contribution in [3.05, 3.63) is 0 Å². The summed E-state index contributed by atoms with van der Waals surface area (Å²) >= 11 is 5.56. The topological polar surface area (TPSA) is 9.23 Å². The molecule has 0 aliphatic heterocycles. The van der Waals surface area contributed by atoms with Crippen molar-refractivity contribution in [2.75, 3.05) is 19.1 Å². The molecule has 0 spiro atoms. The highest BCUT2D eigenvalue weighted by Crippen LogP contribution is 2.17. The second kappa shape index (κ2) is 7.64. The number of rotatable bonds is 7. The first-order valence-corrected chi connectivity index (χ1v) is 5.73. The SMILES string of the molecule is CC(C)(C)CCOCCCCCCl. The van der Waals surface area contributed by atoms with Gasteiger partial charge in [0.05, 0.1) is 0 Å². The van der Waals surface area contributed by atoms with E-state index in [0.717, 1.165) is 38.4 Å². The quantitative estimate of drug-likeness (QED) is 0.454. The molecule has 0 aromatic carbocycles. The van der Waals surface area contributed by atoms with Crippen molar-refractivity contribution in [1.82, 2.24) is 0 Å². The zero-order valence-corrected chi connectivity index (χ0v) is 9.99. The summed E-state index contributed by atoms with van der Waals surface area (Å²) in [7, 11) is 0. The maximum atomic E-state index is 5.56. The molecule has 0 saturated heterocycles. The first-order valence-electron chi connectivity index (χ1n) is 5.20. The molecule has 0 unspecified atom stereocenters. The van der Waals surface area contributed by atoms with E-state index in [9.17, 15) is 0 Å². The lowest BCUT2D eigenvalue weighted by Gasteiger charge is -2.17. The lowest BCUT2D eigenvalue weighted by atomic mass is 9.93. The summed E-state index contributed by atoms with van der Waals surface area (Å²) in [6.07, 6.45) is 4.60. The Balaban J connectivity index is 3.00. The molecular formula is C11H23ClO. The van der Waals surface area contributed by atoms with Gasteiger partial charge in [-0.3, -0.25) is 0 Å². The number of halogens is 1. The van der Waals surface area contributed by atoms with Crippen LogP contribution in [-0.4, -0.2) is 19.1 Å². The van der Waals surface area contributed by atoms with Gasteiger partial charge in [-0.1, -0.05) is 20.8 Å². The van der Waals surface area contributed by atoms with E-state index in [1.165, 1.54) is 6.42 Å². The van der Waals surface area contributed by atoms with Gasteiger partial charge >= 0.3 is 0 Å². The van der Waals surface area contributed by atoms with Crippen molar-refractivity contribution in [1.29, 1.82) is 0 Å². The van der Waals surface area contributed by atoms with Gasteiger partial charge in [0.1, 0.15) is 0 Å². The third-order valence-electron chi connectivity index (χ3n) is 1.92. The van der Waals surface area contributed by atoms with Crippen LogP contribution in [0.25, 0.3) is 0 Å². The summed E-state index contributed by atoms with van der Waals surface area (Å²) in [6.45, 7) is 8.51. The van der Waals surface area contributed by atoms with Crippen LogP contribution in [0.1, 0.15) is 46.5 Å². The van der Waals surface area contributed by atoms with E-state index in [1.54, 1.807) is 0 Å². The van der Waals surface area contributed by atoms with Crippen LogP contribution >= 0.6 is 11.6 Å². The Hall–Kier alpha value is 0.250. The highest BCUT2D eigenvalue weighted by molar-refractivity contribution is 6.17. The van der Waals surface area contributed by atoms with Gasteiger partial charge in [-0.25, -0.2) is 0 Å². The van der Waals surface area contributed by atoms with E-state index in [4.69, 9.17) is 16.3 Å². The fraction of sp³-hybridized carbons (Fsp3) is 1.00. The fourth-order valence-electron chi connectivity index (χ4n) is 0.956. The third kappa shape index (κ3) is 12.2. The van der Waals surface area contributed by atoms with Crippen LogP contribution in [0, 0.1) is 5.41 Å². The average molecular weight is 207 g/mol. The number of alkyl halides is 1. The van der Waals surface area contributed by atoms with E-state index in [1.807, 2.05) is 0 Å². The zero-order chi connectivity index (χ0) is 10.2. The average Bonchev–Trinajstić information content (AvgIpc) is 2.01. The maximum absolute atomic E-state index is 5.56. The molecule has 0 rings (SSSR count). The Morgan fingerprint density at radius 1 is 1.00 bits per heavy atom. The van der Waals surface area contributed by atoms with Crippen molar-refractivity contribution in [3.63, 3.8) is 0 Å². The second-order valence-corrected chi connectivity index (χ2v) is 5.05. The van der Waals surface area contributed by atoms with Crippen LogP contribution in [0.15, 0.2) is 0 Å². The van der Waals surface area contributed by atoms with Gasteiger partial charge in [0.25, 0.3) is 0 Å². The summed E-state index contributed by atoms with van der Waals surface area (Å²) < 4.78 is 5.51. The molecule has 0 atom stereocenters. The van der Waals surface area contributed by atoms with E-state index in [0.29, 0.717) is 5.41 Å². The Labute approximate surface area is 87.8 Å². The number of hydrogen-bond acceptors (Lipinski definition) is 1. The Morgan fingerprint density at radius 2 is 1.69 bits per heavy atom. The van der Waals surface area contributed by atoms with E-state index >= 15 is 0 Å². The first kappa shape index (κ1) is 13.2. The van der Waals surface area contributed by atoms with Gasteiger partial charge in [0.2, 0.25) is 0 Å². The second-order valence-electron chi connectivity index (χ2n) is 4.67. The highest BCUT2D eigenvalue weighted by atomic mass is 35.5. The Kier molecular flexibility index (Phi) is 7.78. The fourth-order valence-corrected chi connectivity index (χ4v) is 1.14. The molecule has 0 amide bonds. The summed E-state index contributed by atoms with van der Waals surface area (Å²) in [5.41, 5.74) is 0.399. The van der Waals surface area contributed by atoms with Gasteiger partial charge < -0.3 is 4.74 Å². The normalized spacial score (nSPS) is 12.0. The minimum absolute atomic E-state index is 0.399. The van der Waals surface area contributed by atoms with Crippen LogP contribution in [0.2, 0.25) is 0 Å². The summed E-state index contributed by atoms with van der Waals surface area (Å²) in [5, 5.41) is 0. The molecule has 0 aromatic rings. The molecule has 13 heavy (non-hydrogen) atoms. The first-order chi connectivity index (χ1) is 6.06. The van der Waals surface area contributed by atoms with Crippen molar-refractivity contribution < 1.29 is 4.74 Å². The van der Waals surface area contributed by atoms with E-state index in [2.05, 4.69) is 20.8 Å². The van der Waals surface area contributed by atoms with Crippen molar-refractivity contribution in [2.45, 2.75) is 46.5 Å². The molecule has 0 bridgehead atoms. The standard InChI is InChI=1S/C11H23ClO/c1-11(2,3)7-10-13-9-6-4-5-8-12/h4-10H2,1-3H3. The summed E-state index contributed by atoms with van der Waals surface area (Å²) in [4.78, 5) is 0. The summed E-state index contributed by atoms with van der Waals surface area (Å²) in [5.74, 6) is 0.780. The molecule has 0 heterocycles. The van der Waals surface area contributed by atoms with E-state index < -0.39 is 0 Å². The number of ether oxygens (including phenoxy) is 1. The monoisotopic (exact) mass is 206 g/mol. The van der Waals surface area contributed by atoms with Gasteiger partial charge in [0.15, 0.2) is 0 Å². The predicted octanol–water partition coefficient (Wildman–Crippen LogP) is 3.85. The smallest absolute Gasteiger partial charge is 0.0471 e. The van der Waals surface area contributed by atoms with Gasteiger partial charge in [0, 0.05) is 19.1 Å². The van der Waals surface area contributed by atoms with Crippen molar-refractivity contribution in [2.24, 2.45) is 5.41 Å². The molecule has 0 fully saturated rings. The molecule has 0 aliphatic rings. The van der Waals surface area contributed by atoms with Crippen LogP contribution < -0.4 is 0 Å². The van der Waals surface area contributed by atoms with Crippen LogP contribution in [0.4, 0.5) is 0 Å². The van der Waals surface area contributed by atoms with Gasteiger partial charge in [-0.2, -0.15) is 0 Å². The molecule has 0 N–H and O–H groups in total. The molecule has 80 valence electrons. The van der Waals surface area contributed by atoms with Crippen LogP contribution in [0.5, 0.6) is 0 Å². The van der Waals surface area contributed by atoms with Crippen LogP contribution in [0.3, 0.4) is 0 Å². The molecule has 0 aliphatic carbocycles. The Morgan fingerprint density at radius 3 is 2.23 bits per heavy atom. The predicted molar refractivity (Wildman–Crippen MR) is 59.5 cm³/mol. The van der Waals surface area contributed by atoms with Crippen molar-refractivity contribution >= 4 is 11.6 Å². The van der Waals surface area contributed by atoms with Gasteiger partial charge in [-0.15, -0.1) is 11.6 Å². The Bertz CT molecular complexity index is 107.